The third-order valence-corrected chi connectivity index (χ3v) is 5.14. The highest BCUT2D eigenvalue weighted by Gasteiger charge is 2.29. The van der Waals surface area contributed by atoms with Gasteiger partial charge in [0.15, 0.2) is 0 Å². The lowest BCUT2D eigenvalue weighted by Gasteiger charge is -2.07. The zero-order chi connectivity index (χ0) is 22.0. The molecule has 6 heteroatoms. The summed E-state index contributed by atoms with van der Waals surface area (Å²) in [7, 11) is 2.89. The molecule has 0 aliphatic rings. The van der Waals surface area contributed by atoms with Crippen molar-refractivity contribution in [2.75, 3.05) is 14.2 Å². The number of carbonyl (C=O) groups excluding carboxylic acids is 1. The summed E-state index contributed by atoms with van der Waals surface area (Å²) in [5.41, 5.74) is 2.82. The maximum absolute atomic E-state index is 13.5. The first-order valence-electron chi connectivity index (χ1n) is 9.43. The minimum Gasteiger partial charge on any atom is -0.497 e. The molecule has 156 valence electrons. The fourth-order valence-electron chi connectivity index (χ4n) is 3.37. The van der Waals surface area contributed by atoms with Crippen molar-refractivity contribution in [3.63, 3.8) is 0 Å². The monoisotopic (exact) mass is 436 g/mol. The Morgan fingerprint density at radius 3 is 1.94 bits per heavy atom. The van der Waals surface area contributed by atoms with Crippen molar-refractivity contribution in [3.05, 3.63) is 89.2 Å². The molecule has 1 aromatic heterocycles. The lowest BCUT2D eigenvalue weighted by atomic mass is 9.95. The Kier molecular flexibility index (Phi) is 5.78. The van der Waals surface area contributed by atoms with Crippen molar-refractivity contribution < 1.29 is 23.1 Å². The zero-order valence-electron chi connectivity index (χ0n) is 16.8. The van der Waals surface area contributed by atoms with Crippen LogP contribution in [0, 0.1) is 5.82 Å². The second-order valence-electron chi connectivity index (χ2n) is 6.74. The van der Waals surface area contributed by atoms with Crippen LogP contribution < -0.4 is 4.74 Å². The molecule has 0 N–H and O–H groups in total. The number of methoxy groups -OCH3 is 2. The van der Waals surface area contributed by atoms with E-state index in [2.05, 4.69) is 0 Å². The average Bonchev–Trinajstić information content (AvgIpc) is 3.20. The van der Waals surface area contributed by atoms with Gasteiger partial charge in [0, 0.05) is 21.7 Å². The van der Waals surface area contributed by atoms with E-state index in [0.29, 0.717) is 44.5 Å². The normalized spacial score (nSPS) is 10.7. The molecule has 0 atom stereocenters. The van der Waals surface area contributed by atoms with Gasteiger partial charge in [-0.25, -0.2) is 9.18 Å². The van der Waals surface area contributed by atoms with Crippen LogP contribution in [0.5, 0.6) is 5.75 Å². The number of benzene rings is 3. The van der Waals surface area contributed by atoms with Gasteiger partial charge in [-0.2, -0.15) is 0 Å². The van der Waals surface area contributed by atoms with E-state index < -0.39 is 5.97 Å². The molecule has 4 nitrogen and oxygen atoms in total. The van der Waals surface area contributed by atoms with Crippen LogP contribution in [0.3, 0.4) is 0 Å². The molecule has 0 amide bonds. The molecule has 1 heterocycles. The molecular weight excluding hydrogens is 419 g/mol. The van der Waals surface area contributed by atoms with E-state index in [4.69, 9.17) is 25.5 Å². The molecule has 0 aliphatic carbocycles. The van der Waals surface area contributed by atoms with E-state index in [1.165, 1.54) is 19.2 Å². The fraction of sp³-hybridized carbons (Fsp3) is 0.0800. The molecule has 0 spiro atoms. The van der Waals surface area contributed by atoms with Crippen LogP contribution in [0.1, 0.15) is 10.4 Å². The minimum atomic E-state index is -0.548. The molecule has 31 heavy (non-hydrogen) atoms. The molecule has 0 unspecified atom stereocenters. The van der Waals surface area contributed by atoms with E-state index in [0.717, 1.165) is 0 Å². The van der Waals surface area contributed by atoms with E-state index in [9.17, 15) is 9.18 Å². The van der Waals surface area contributed by atoms with Gasteiger partial charge >= 0.3 is 5.97 Å². The Hall–Kier alpha value is -3.57. The fourth-order valence-corrected chi connectivity index (χ4v) is 3.50. The Balaban J connectivity index is 2.03. The third-order valence-electron chi connectivity index (χ3n) is 4.89. The maximum atomic E-state index is 13.5. The number of ether oxygens (including phenoxy) is 2. The highest BCUT2D eigenvalue weighted by atomic mass is 35.5. The summed E-state index contributed by atoms with van der Waals surface area (Å²) in [5, 5.41) is 0.561. The SMILES string of the molecule is COC(=O)c1c(-c2ccc(OC)cc2)oc(-c2ccc(F)cc2)c1-c1ccc(Cl)cc1. The number of rotatable bonds is 5. The van der Waals surface area contributed by atoms with Crippen molar-refractivity contribution >= 4 is 17.6 Å². The summed E-state index contributed by atoms with van der Waals surface area (Å²) >= 11 is 6.06. The first-order valence-corrected chi connectivity index (χ1v) is 9.81. The number of carbonyl (C=O) groups is 1. The van der Waals surface area contributed by atoms with E-state index in [1.54, 1.807) is 67.8 Å². The van der Waals surface area contributed by atoms with Crippen LogP contribution in [0.15, 0.2) is 77.2 Å². The van der Waals surface area contributed by atoms with Crippen LogP contribution in [0.4, 0.5) is 4.39 Å². The van der Waals surface area contributed by atoms with Gasteiger partial charge in [0.25, 0.3) is 0 Å². The van der Waals surface area contributed by atoms with Gasteiger partial charge in [0.1, 0.15) is 28.7 Å². The Morgan fingerprint density at radius 2 is 1.35 bits per heavy atom. The number of esters is 1. The van der Waals surface area contributed by atoms with E-state index >= 15 is 0 Å². The lowest BCUT2D eigenvalue weighted by molar-refractivity contribution is 0.0602. The largest absolute Gasteiger partial charge is 0.497 e. The summed E-state index contributed by atoms with van der Waals surface area (Å²) in [6, 6.07) is 20.1. The van der Waals surface area contributed by atoms with Crippen LogP contribution in [-0.4, -0.2) is 20.2 Å². The molecule has 0 radical (unpaired) electrons. The van der Waals surface area contributed by atoms with E-state index in [1.807, 2.05) is 0 Å². The van der Waals surface area contributed by atoms with Crippen LogP contribution in [-0.2, 0) is 4.74 Å². The second-order valence-corrected chi connectivity index (χ2v) is 7.18. The average molecular weight is 437 g/mol. The standard InChI is InChI=1S/C25H18ClFO4/c1-29-20-13-7-17(8-14-20)24-22(25(28)30-2)21(15-3-9-18(26)10-4-15)23(31-24)16-5-11-19(27)12-6-16/h3-14H,1-2H3. The molecule has 0 aliphatic heterocycles. The molecule has 4 rings (SSSR count). The molecule has 0 bridgehead atoms. The van der Waals surface area contributed by atoms with Gasteiger partial charge in [-0.15, -0.1) is 0 Å². The maximum Gasteiger partial charge on any atom is 0.342 e. The predicted octanol–water partition coefficient (Wildman–Crippen LogP) is 6.87. The topological polar surface area (TPSA) is 48.7 Å². The number of halogens is 2. The molecular formula is C25H18ClFO4. The first-order chi connectivity index (χ1) is 15.0. The van der Waals surface area contributed by atoms with Crippen molar-refractivity contribution in [3.8, 4) is 39.5 Å². The predicted molar refractivity (Wildman–Crippen MR) is 118 cm³/mol. The van der Waals surface area contributed by atoms with Crippen molar-refractivity contribution in [2.24, 2.45) is 0 Å². The quantitative estimate of drug-likeness (QED) is 0.320. The van der Waals surface area contributed by atoms with Gasteiger partial charge in [0.05, 0.1) is 14.2 Å². The van der Waals surface area contributed by atoms with Crippen molar-refractivity contribution in [1.82, 2.24) is 0 Å². The number of furan rings is 1. The Bertz CT molecular complexity index is 1210. The van der Waals surface area contributed by atoms with Gasteiger partial charge in [-0.3, -0.25) is 0 Å². The molecule has 3 aromatic carbocycles. The van der Waals surface area contributed by atoms with Crippen molar-refractivity contribution in [1.29, 1.82) is 0 Å². The Morgan fingerprint density at radius 1 is 0.806 bits per heavy atom. The van der Waals surface area contributed by atoms with Crippen molar-refractivity contribution in [2.45, 2.75) is 0 Å². The van der Waals surface area contributed by atoms with Crippen LogP contribution in [0.25, 0.3) is 33.8 Å². The second kappa shape index (κ2) is 8.66. The summed E-state index contributed by atoms with van der Waals surface area (Å²) in [6.45, 7) is 0. The molecule has 0 fully saturated rings. The number of hydrogen-bond donors (Lipinski definition) is 0. The van der Waals surface area contributed by atoms with E-state index in [-0.39, 0.29) is 11.4 Å². The first kappa shape index (κ1) is 20.7. The molecule has 0 saturated carbocycles. The van der Waals surface area contributed by atoms with Gasteiger partial charge in [-0.1, -0.05) is 23.7 Å². The number of hydrogen-bond acceptors (Lipinski definition) is 4. The summed E-state index contributed by atoms with van der Waals surface area (Å²) in [6.07, 6.45) is 0. The van der Waals surface area contributed by atoms with Crippen LogP contribution >= 0.6 is 11.6 Å². The van der Waals surface area contributed by atoms with Gasteiger partial charge in [0.2, 0.25) is 0 Å². The van der Waals surface area contributed by atoms with Gasteiger partial charge in [-0.05, 0) is 66.2 Å². The smallest absolute Gasteiger partial charge is 0.342 e. The third kappa shape index (κ3) is 4.05. The summed E-state index contributed by atoms with van der Waals surface area (Å²) in [4.78, 5) is 12.9. The highest BCUT2D eigenvalue weighted by Crippen LogP contribution is 2.44. The van der Waals surface area contributed by atoms with Crippen LogP contribution in [0.2, 0.25) is 5.02 Å². The Labute approximate surface area is 183 Å². The molecule has 4 aromatic rings. The highest BCUT2D eigenvalue weighted by molar-refractivity contribution is 6.30. The van der Waals surface area contributed by atoms with Gasteiger partial charge < -0.3 is 13.9 Å². The minimum absolute atomic E-state index is 0.273. The molecule has 0 saturated heterocycles. The summed E-state index contributed by atoms with van der Waals surface area (Å²) < 4.78 is 30.1. The lowest BCUT2D eigenvalue weighted by Crippen LogP contribution is -2.03. The summed E-state index contributed by atoms with van der Waals surface area (Å²) in [5.74, 6) is 0.527. The zero-order valence-corrected chi connectivity index (χ0v) is 17.6.